The lowest BCUT2D eigenvalue weighted by molar-refractivity contribution is 0.102. The molecule has 6 rings (SSSR count). The first-order valence-corrected chi connectivity index (χ1v) is 12.6. The average Bonchev–Trinajstić information content (AvgIpc) is 3.44. The topological polar surface area (TPSA) is 75.6 Å². The van der Waals surface area contributed by atoms with Crippen LogP contribution in [0.25, 0.3) is 33.5 Å². The summed E-state index contributed by atoms with van der Waals surface area (Å²) in [4.78, 5) is 25.7. The van der Waals surface area contributed by atoms with Crippen molar-refractivity contribution in [2.24, 2.45) is 0 Å². The lowest BCUT2D eigenvalue weighted by atomic mass is 9.95. The summed E-state index contributed by atoms with van der Waals surface area (Å²) < 4.78 is 16.6. The molecule has 0 saturated heterocycles. The van der Waals surface area contributed by atoms with Crippen LogP contribution in [0.15, 0.2) is 54.6 Å². The SMILES string of the molecule is Cc1ccc2nc(NC(=O)c3ccc4[nH]c(-c5c(F)cccc5Cl)nc4c3)n(C3CCCCC3)c2c1. The van der Waals surface area contributed by atoms with Crippen LogP contribution in [0.5, 0.6) is 0 Å². The van der Waals surface area contributed by atoms with Crippen LogP contribution in [0.4, 0.5) is 10.3 Å². The standard InChI is InChI=1S/C28H25ClFN5O/c1-16-10-12-22-24(14-16)35(18-6-3-2-4-7-18)28(33-22)34-27(36)17-11-13-21-23(15-17)32-26(31-21)25-19(29)8-5-9-20(25)30/h5,8-15,18H,2-4,6-7H2,1H3,(H,31,32)(H,33,34,36). The highest BCUT2D eigenvalue weighted by Crippen LogP contribution is 2.35. The summed E-state index contributed by atoms with van der Waals surface area (Å²) in [6.45, 7) is 2.07. The van der Waals surface area contributed by atoms with Crippen molar-refractivity contribution in [2.75, 3.05) is 5.32 Å². The van der Waals surface area contributed by atoms with Gasteiger partial charge in [-0.15, -0.1) is 0 Å². The normalized spacial score (nSPS) is 14.5. The van der Waals surface area contributed by atoms with Crippen molar-refractivity contribution in [2.45, 2.75) is 45.1 Å². The molecule has 2 aromatic heterocycles. The van der Waals surface area contributed by atoms with Gasteiger partial charge in [0.1, 0.15) is 11.6 Å². The number of anilines is 1. The number of benzene rings is 3. The summed E-state index contributed by atoms with van der Waals surface area (Å²) in [7, 11) is 0. The molecule has 1 fully saturated rings. The number of carbonyl (C=O) groups excluding carboxylic acids is 1. The Kier molecular flexibility index (Phi) is 5.72. The second-order valence-corrected chi connectivity index (χ2v) is 9.86. The number of carbonyl (C=O) groups is 1. The highest BCUT2D eigenvalue weighted by molar-refractivity contribution is 6.33. The second kappa shape index (κ2) is 9.06. The molecule has 0 bridgehead atoms. The van der Waals surface area contributed by atoms with Crippen molar-refractivity contribution in [1.82, 2.24) is 19.5 Å². The third-order valence-corrected chi connectivity index (χ3v) is 7.27. The van der Waals surface area contributed by atoms with Gasteiger partial charge in [0.05, 0.1) is 32.7 Å². The fraction of sp³-hybridized carbons (Fsp3) is 0.250. The lowest BCUT2D eigenvalue weighted by Gasteiger charge is -2.25. The van der Waals surface area contributed by atoms with Crippen molar-refractivity contribution in [3.63, 3.8) is 0 Å². The van der Waals surface area contributed by atoms with E-state index in [0.717, 1.165) is 29.4 Å². The van der Waals surface area contributed by atoms with Gasteiger partial charge in [0.15, 0.2) is 0 Å². The predicted molar refractivity (Wildman–Crippen MR) is 141 cm³/mol. The zero-order valence-corrected chi connectivity index (χ0v) is 20.6. The highest BCUT2D eigenvalue weighted by Gasteiger charge is 2.23. The smallest absolute Gasteiger partial charge is 0.258 e. The third kappa shape index (κ3) is 4.03. The van der Waals surface area contributed by atoms with Crippen molar-refractivity contribution in [3.8, 4) is 11.4 Å². The van der Waals surface area contributed by atoms with E-state index in [9.17, 15) is 9.18 Å². The van der Waals surface area contributed by atoms with Crippen LogP contribution in [0.3, 0.4) is 0 Å². The minimum Gasteiger partial charge on any atom is -0.338 e. The quantitative estimate of drug-likeness (QED) is 0.268. The Hall–Kier alpha value is -3.71. The Bertz CT molecular complexity index is 1600. The molecule has 0 atom stereocenters. The first-order valence-electron chi connectivity index (χ1n) is 12.2. The van der Waals surface area contributed by atoms with Gasteiger partial charge in [0, 0.05) is 11.6 Å². The minimum atomic E-state index is -0.462. The molecule has 182 valence electrons. The number of fused-ring (bicyclic) bond motifs is 2. The number of nitrogens with zero attached hydrogens (tertiary/aromatic N) is 3. The number of nitrogens with one attached hydrogen (secondary N) is 2. The monoisotopic (exact) mass is 501 g/mol. The summed E-state index contributed by atoms with van der Waals surface area (Å²) in [5.41, 5.74) is 4.96. The number of rotatable bonds is 4. The van der Waals surface area contributed by atoms with E-state index in [1.54, 1.807) is 30.3 Å². The van der Waals surface area contributed by atoms with Crippen LogP contribution in [-0.4, -0.2) is 25.4 Å². The number of H-pyrrole nitrogens is 1. The van der Waals surface area contributed by atoms with Crippen LogP contribution >= 0.6 is 11.6 Å². The minimum absolute atomic E-state index is 0.206. The van der Waals surface area contributed by atoms with E-state index in [0.29, 0.717) is 34.4 Å². The molecule has 6 nitrogen and oxygen atoms in total. The van der Waals surface area contributed by atoms with Crippen molar-refractivity contribution in [1.29, 1.82) is 0 Å². The number of hydrogen-bond acceptors (Lipinski definition) is 3. The van der Waals surface area contributed by atoms with E-state index in [1.807, 2.05) is 12.1 Å². The largest absolute Gasteiger partial charge is 0.338 e. The molecule has 2 heterocycles. The number of hydrogen-bond donors (Lipinski definition) is 2. The van der Waals surface area contributed by atoms with Gasteiger partial charge in [0.25, 0.3) is 5.91 Å². The molecule has 0 radical (unpaired) electrons. The van der Waals surface area contributed by atoms with Crippen LogP contribution in [-0.2, 0) is 0 Å². The summed E-state index contributed by atoms with van der Waals surface area (Å²) in [5.74, 6) is 0.152. The first-order chi connectivity index (χ1) is 17.5. The van der Waals surface area contributed by atoms with Gasteiger partial charge in [-0.1, -0.05) is 43.0 Å². The molecule has 1 aliphatic rings. The number of aryl methyl sites for hydroxylation is 1. The zero-order valence-electron chi connectivity index (χ0n) is 19.8. The van der Waals surface area contributed by atoms with Crippen LogP contribution < -0.4 is 5.32 Å². The number of aromatic nitrogens is 4. The van der Waals surface area contributed by atoms with E-state index < -0.39 is 5.82 Å². The Morgan fingerprint density at radius 1 is 1.06 bits per heavy atom. The Balaban J connectivity index is 1.35. The zero-order chi connectivity index (χ0) is 24.8. The van der Waals surface area contributed by atoms with Crippen molar-refractivity contribution >= 4 is 45.5 Å². The molecule has 3 aromatic carbocycles. The van der Waals surface area contributed by atoms with Gasteiger partial charge in [-0.05, 0) is 67.8 Å². The van der Waals surface area contributed by atoms with Gasteiger partial charge in [-0.3, -0.25) is 10.1 Å². The van der Waals surface area contributed by atoms with Gasteiger partial charge in [0.2, 0.25) is 5.95 Å². The van der Waals surface area contributed by atoms with Gasteiger partial charge >= 0.3 is 0 Å². The number of aromatic amines is 1. The van der Waals surface area contributed by atoms with Gasteiger partial charge < -0.3 is 9.55 Å². The summed E-state index contributed by atoms with van der Waals surface area (Å²) in [5, 5.41) is 3.32. The lowest BCUT2D eigenvalue weighted by Crippen LogP contribution is -2.20. The summed E-state index contributed by atoms with van der Waals surface area (Å²) in [6, 6.07) is 16.2. The second-order valence-electron chi connectivity index (χ2n) is 9.46. The fourth-order valence-electron chi connectivity index (χ4n) is 5.16. The maximum Gasteiger partial charge on any atom is 0.258 e. The fourth-order valence-corrected chi connectivity index (χ4v) is 5.42. The highest BCUT2D eigenvalue weighted by atomic mass is 35.5. The molecule has 0 unspecified atom stereocenters. The number of imidazole rings is 2. The third-order valence-electron chi connectivity index (χ3n) is 6.95. The predicted octanol–water partition coefficient (Wildman–Crippen LogP) is 7.44. The van der Waals surface area contributed by atoms with Gasteiger partial charge in [-0.2, -0.15) is 0 Å². The molecule has 5 aromatic rings. The molecule has 2 N–H and O–H groups in total. The summed E-state index contributed by atoms with van der Waals surface area (Å²) >= 11 is 6.21. The van der Waals surface area contributed by atoms with E-state index in [1.165, 1.54) is 25.3 Å². The summed E-state index contributed by atoms with van der Waals surface area (Å²) in [6.07, 6.45) is 5.74. The van der Waals surface area contributed by atoms with Crippen molar-refractivity contribution < 1.29 is 9.18 Å². The molecule has 0 aliphatic heterocycles. The van der Waals surface area contributed by atoms with Crippen LogP contribution in [0.2, 0.25) is 5.02 Å². The molecule has 1 saturated carbocycles. The molecule has 8 heteroatoms. The van der Waals surface area contributed by atoms with E-state index >= 15 is 0 Å². The number of halogens is 2. The Morgan fingerprint density at radius 3 is 2.69 bits per heavy atom. The molecule has 36 heavy (non-hydrogen) atoms. The average molecular weight is 502 g/mol. The molecular weight excluding hydrogens is 477 g/mol. The first kappa shape index (κ1) is 22.7. The van der Waals surface area contributed by atoms with E-state index in [-0.39, 0.29) is 16.5 Å². The molecule has 1 aliphatic carbocycles. The maximum absolute atomic E-state index is 14.4. The van der Waals surface area contributed by atoms with Crippen LogP contribution in [0.1, 0.15) is 54.1 Å². The van der Waals surface area contributed by atoms with Crippen molar-refractivity contribution in [3.05, 3.63) is 76.6 Å². The molecule has 0 spiro atoms. The Morgan fingerprint density at radius 2 is 1.89 bits per heavy atom. The van der Waals surface area contributed by atoms with E-state index in [2.05, 4.69) is 32.8 Å². The van der Waals surface area contributed by atoms with Crippen LogP contribution in [0, 0.1) is 12.7 Å². The molecular formula is C28H25ClFN5O. The van der Waals surface area contributed by atoms with E-state index in [4.69, 9.17) is 16.6 Å². The number of amides is 1. The molecule has 1 amide bonds. The van der Waals surface area contributed by atoms with Gasteiger partial charge in [-0.25, -0.2) is 14.4 Å². The Labute approximate surface area is 212 Å². The maximum atomic E-state index is 14.4.